The Morgan fingerprint density at radius 3 is 2.89 bits per heavy atom. The van der Waals surface area contributed by atoms with Crippen molar-refractivity contribution in [2.24, 2.45) is 5.92 Å². The first-order valence-electron chi connectivity index (χ1n) is 7.11. The highest BCUT2D eigenvalue weighted by atomic mass is 16.5. The summed E-state index contributed by atoms with van der Waals surface area (Å²) < 4.78 is 6.42. The molecule has 98 valence electrons. The first kappa shape index (κ1) is 12.0. The maximum absolute atomic E-state index is 6.42. The number of nitrogens with zero attached hydrogens (tertiary/aromatic N) is 1. The van der Waals surface area contributed by atoms with Gasteiger partial charge in [-0.25, -0.2) is 0 Å². The van der Waals surface area contributed by atoms with E-state index in [1.54, 1.807) is 0 Å². The molecule has 1 heterocycles. The number of fused-ring (bicyclic) bond motifs is 1. The zero-order valence-corrected chi connectivity index (χ0v) is 11.5. The van der Waals surface area contributed by atoms with Gasteiger partial charge >= 0.3 is 0 Å². The van der Waals surface area contributed by atoms with Gasteiger partial charge in [0.05, 0.1) is 0 Å². The minimum atomic E-state index is 0.0895. The maximum atomic E-state index is 6.42. The van der Waals surface area contributed by atoms with Gasteiger partial charge in [-0.2, -0.15) is 0 Å². The molecule has 2 aliphatic rings. The monoisotopic (exact) mass is 245 g/mol. The fourth-order valence-electron chi connectivity index (χ4n) is 3.67. The van der Waals surface area contributed by atoms with E-state index < -0.39 is 0 Å². The van der Waals surface area contributed by atoms with Gasteiger partial charge in [0.1, 0.15) is 11.4 Å². The maximum Gasteiger partial charge on any atom is 0.123 e. The zero-order chi connectivity index (χ0) is 12.6. The first-order valence-corrected chi connectivity index (χ1v) is 7.11. The van der Waals surface area contributed by atoms with Gasteiger partial charge in [-0.1, -0.05) is 24.6 Å². The second-order valence-corrected chi connectivity index (χ2v) is 6.16. The summed E-state index contributed by atoms with van der Waals surface area (Å²) in [6, 6.07) is 8.57. The molecular formula is C16H23NO. The molecule has 1 aliphatic heterocycles. The molecule has 2 atom stereocenters. The second-order valence-electron chi connectivity index (χ2n) is 6.16. The quantitative estimate of drug-likeness (QED) is 0.794. The number of hydrogen-bond donors (Lipinski definition) is 0. The highest BCUT2D eigenvalue weighted by molar-refractivity contribution is 5.39. The molecule has 2 nitrogen and oxygen atoms in total. The molecule has 0 N–H and O–H groups in total. The third kappa shape index (κ3) is 2.03. The number of benzene rings is 1. The van der Waals surface area contributed by atoms with Crippen molar-refractivity contribution in [1.29, 1.82) is 0 Å². The van der Waals surface area contributed by atoms with Crippen LogP contribution in [-0.2, 0) is 6.42 Å². The van der Waals surface area contributed by atoms with Gasteiger partial charge in [-0.05, 0) is 45.0 Å². The van der Waals surface area contributed by atoms with Crippen molar-refractivity contribution >= 4 is 0 Å². The lowest BCUT2D eigenvalue weighted by Crippen LogP contribution is -2.48. The molecule has 1 aromatic carbocycles. The minimum Gasteiger partial charge on any atom is -0.486 e. The molecule has 1 saturated carbocycles. The van der Waals surface area contributed by atoms with Crippen LogP contribution in [0.5, 0.6) is 5.75 Å². The number of hydrogen-bond acceptors (Lipinski definition) is 2. The average molecular weight is 245 g/mol. The highest BCUT2D eigenvalue weighted by Crippen LogP contribution is 2.46. The van der Waals surface area contributed by atoms with E-state index in [0.717, 1.165) is 18.7 Å². The Labute approximate surface area is 110 Å². The van der Waals surface area contributed by atoms with Gasteiger partial charge in [-0.3, -0.25) is 0 Å². The van der Waals surface area contributed by atoms with E-state index >= 15 is 0 Å². The highest BCUT2D eigenvalue weighted by Gasteiger charge is 2.46. The fourth-order valence-corrected chi connectivity index (χ4v) is 3.67. The molecule has 1 aromatic rings. The van der Waals surface area contributed by atoms with Crippen LogP contribution >= 0.6 is 0 Å². The number of rotatable bonds is 2. The van der Waals surface area contributed by atoms with E-state index in [-0.39, 0.29) is 5.60 Å². The predicted octanol–water partition coefficient (Wildman–Crippen LogP) is 3.11. The van der Waals surface area contributed by atoms with E-state index in [2.05, 4.69) is 43.3 Å². The van der Waals surface area contributed by atoms with Gasteiger partial charge in [-0.15, -0.1) is 0 Å². The summed E-state index contributed by atoms with van der Waals surface area (Å²) in [7, 11) is 4.34. The van der Waals surface area contributed by atoms with Crippen LogP contribution in [0.3, 0.4) is 0 Å². The van der Waals surface area contributed by atoms with Crippen LogP contribution in [0.15, 0.2) is 24.3 Å². The lowest BCUT2D eigenvalue weighted by Gasteiger charge is -2.41. The Morgan fingerprint density at radius 1 is 1.28 bits per heavy atom. The summed E-state index contributed by atoms with van der Waals surface area (Å²) in [6.45, 7) is 1.15. The first-order chi connectivity index (χ1) is 8.70. The smallest absolute Gasteiger partial charge is 0.123 e. The standard InChI is InChI=1S/C16H23NO/c1-17(2)12-14-8-5-6-10-16(14)11-13-7-3-4-9-15(13)18-16/h3-4,7,9,14H,5-6,8,10-12H2,1-2H3/t14-,16+/m1/s1. The van der Waals surface area contributed by atoms with E-state index in [1.807, 2.05) is 0 Å². The molecule has 0 unspecified atom stereocenters. The Balaban J connectivity index is 1.85. The van der Waals surface area contributed by atoms with Crippen LogP contribution in [0.25, 0.3) is 0 Å². The van der Waals surface area contributed by atoms with Crippen molar-refractivity contribution < 1.29 is 4.74 Å². The summed E-state index contributed by atoms with van der Waals surface area (Å²) in [5.41, 5.74) is 1.50. The van der Waals surface area contributed by atoms with Crippen molar-refractivity contribution in [3.63, 3.8) is 0 Å². The summed E-state index contributed by atoms with van der Waals surface area (Å²) in [5.74, 6) is 1.80. The third-order valence-electron chi connectivity index (χ3n) is 4.51. The molecule has 0 bridgehead atoms. The molecule has 0 amide bonds. The molecule has 1 aliphatic carbocycles. The van der Waals surface area contributed by atoms with Gasteiger partial charge < -0.3 is 9.64 Å². The van der Waals surface area contributed by atoms with Crippen molar-refractivity contribution in [3.05, 3.63) is 29.8 Å². The van der Waals surface area contributed by atoms with Crippen molar-refractivity contribution in [2.45, 2.75) is 37.7 Å². The number of ether oxygens (including phenoxy) is 1. The van der Waals surface area contributed by atoms with Crippen LogP contribution < -0.4 is 4.74 Å². The molecule has 0 saturated heterocycles. The van der Waals surface area contributed by atoms with Crippen LogP contribution in [0, 0.1) is 5.92 Å². The van der Waals surface area contributed by atoms with Gasteiger partial charge in [0.2, 0.25) is 0 Å². The SMILES string of the molecule is CN(C)C[C@H]1CCCC[C@]12Cc1ccccc1O2. The van der Waals surface area contributed by atoms with Crippen molar-refractivity contribution in [2.75, 3.05) is 20.6 Å². The molecule has 2 heteroatoms. The lowest BCUT2D eigenvalue weighted by molar-refractivity contribution is -0.0150. The molecule has 18 heavy (non-hydrogen) atoms. The Hall–Kier alpha value is -1.02. The molecule has 3 rings (SSSR count). The molecule has 0 aromatic heterocycles. The Kier molecular flexibility index (Phi) is 3.06. The summed E-state index contributed by atoms with van der Waals surface area (Å²) in [6.07, 6.45) is 6.33. The minimum absolute atomic E-state index is 0.0895. The van der Waals surface area contributed by atoms with E-state index in [9.17, 15) is 0 Å². The molecular weight excluding hydrogens is 222 g/mol. The molecule has 1 fully saturated rings. The van der Waals surface area contributed by atoms with Crippen molar-refractivity contribution in [3.8, 4) is 5.75 Å². The van der Waals surface area contributed by atoms with Crippen LogP contribution in [0.1, 0.15) is 31.2 Å². The van der Waals surface area contributed by atoms with Crippen molar-refractivity contribution in [1.82, 2.24) is 4.90 Å². The summed E-state index contributed by atoms with van der Waals surface area (Å²) in [5, 5.41) is 0. The lowest BCUT2D eigenvalue weighted by atomic mass is 9.73. The summed E-state index contributed by atoms with van der Waals surface area (Å²) >= 11 is 0. The number of para-hydroxylation sites is 1. The van der Waals surface area contributed by atoms with E-state index in [4.69, 9.17) is 4.74 Å². The van der Waals surface area contributed by atoms with Gasteiger partial charge in [0, 0.05) is 18.9 Å². The molecule has 1 spiro atoms. The summed E-state index contributed by atoms with van der Waals surface area (Å²) in [4.78, 5) is 2.31. The van der Waals surface area contributed by atoms with Gasteiger partial charge in [0.25, 0.3) is 0 Å². The van der Waals surface area contributed by atoms with E-state index in [0.29, 0.717) is 5.92 Å². The third-order valence-corrected chi connectivity index (χ3v) is 4.51. The topological polar surface area (TPSA) is 12.5 Å². The predicted molar refractivity (Wildman–Crippen MR) is 74.0 cm³/mol. The zero-order valence-electron chi connectivity index (χ0n) is 11.5. The normalized spacial score (nSPS) is 30.5. The Morgan fingerprint density at radius 2 is 2.11 bits per heavy atom. The van der Waals surface area contributed by atoms with E-state index in [1.165, 1.54) is 31.2 Å². The fraction of sp³-hybridized carbons (Fsp3) is 0.625. The van der Waals surface area contributed by atoms with Gasteiger partial charge in [0.15, 0.2) is 0 Å². The van der Waals surface area contributed by atoms with Crippen LogP contribution in [0.4, 0.5) is 0 Å². The largest absolute Gasteiger partial charge is 0.486 e. The molecule has 0 radical (unpaired) electrons. The average Bonchev–Trinajstić information content (AvgIpc) is 2.70. The van der Waals surface area contributed by atoms with Crippen LogP contribution in [-0.4, -0.2) is 31.1 Å². The Bertz CT molecular complexity index is 402. The second kappa shape index (κ2) is 4.58. The van der Waals surface area contributed by atoms with Crippen LogP contribution in [0.2, 0.25) is 0 Å².